The van der Waals surface area contributed by atoms with Crippen molar-refractivity contribution in [3.8, 4) is 0 Å². The van der Waals surface area contributed by atoms with E-state index in [1.165, 1.54) is 5.56 Å². The quantitative estimate of drug-likeness (QED) is 0.866. The van der Waals surface area contributed by atoms with Gasteiger partial charge in [0.15, 0.2) is 0 Å². The summed E-state index contributed by atoms with van der Waals surface area (Å²) in [6.45, 7) is 3.72. The van der Waals surface area contributed by atoms with Gasteiger partial charge in [-0.1, -0.05) is 30.3 Å². The van der Waals surface area contributed by atoms with E-state index in [2.05, 4.69) is 43.1 Å². The molecule has 0 aromatic heterocycles. The molecule has 0 spiro atoms. The molecule has 1 saturated heterocycles. The molecule has 2 N–H and O–H groups in total. The van der Waals surface area contributed by atoms with Crippen LogP contribution < -0.4 is 5.73 Å². The molecule has 3 atom stereocenters. The van der Waals surface area contributed by atoms with Crippen LogP contribution in [-0.2, 0) is 11.3 Å². The first-order chi connectivity index (χ1) is 8.70. The maximum atomic E-state index is 5.95. The summed E-state index contributed by atoms with van der Waals surface area (Å²) >= 11 is 0. The third kappa shape index (κ3) is 3.31. The molecule has 1 aliphatic rings. The third-order valence-corrected chi connectivity index (χ3v) is 3.78. The fourth-order valence-electron chi connectivity index (χ4n) is 2.72. The molecule has 0 amide bonds. The molecule has 1 fully saturated rings. The van der Waals surface area contributed by atoms with Gasteiger partial charge in [-0.25, -0.2) is 0 Å². The highest BCUT2D eigenvalue weighted by Gasteiger charge is 2.31. The van der Waals surface area contributed by atoms with Crippen molar-refractivity contribution >= 4 is 0 Å². The summed E-state index contributed by atoms with van der Waals surface area (Å²) in [5.41, 5.74) is 7.25. The Morgan fingerprint density at radius 3 is 2.61 bits per heavy atom. The second kappa shape index (κ2) is 6.32. The van der Waals surface area contributed by atoms with Crippen molar-refractivity contribution in [2.75, 3.05) is 13.6 Å². The Kier molecular flexibility index (Phi) is 4.75. The minimum absolute atomic E-state index is 0.290. The number of hydrogen-bond acceptors (Lipinski definition) is 3. The highest BCUT2D eigenvalue weighted by molar-refractivity contribution is 5.14. The summed E-state index contributed by atoms with van der Waals surface area (Å²) in [7, 11) is 2.14. The van der Waals surface area contributed by atoms with Gasteiger partial charge >= 0.3 is 0 Å². The van der Waals surface area contributed by atoms with Crippen LogP contribution in [0.2, 0.25) is 0 Å². The van der Waals surface area contributed by atoms with Gasteiger partial charge in [-0.05, 0) is 32.4 Å². The van der Waals surface area contributed by atoms with Crippen molar-refractivity contribution in [1.29, 1.82) is 0 Å². The average molecular weight is 248 g/mol. The fourth-order valence-corrected chi connectivity index (χ4v) is 2.72. The SMILES string of the molecule is CC1CCC(C(CN)N(C)Cc2ccccc2)O1. The minimum Gasteiger partial charge on any atom is -0.374 e. The first-order valence-electron chi connectivity index (χ1n) is 6.80. The summed E-state index contributed by atoms with van der Waals surface area (Å²) in [6, 6.07) is 10.8. The molecule has 18 heavy (non-hydrogen) atoms. The van der Waals surface area contributed by atoms with E-state index < -0.39 is 0 Å². The number of nitrogens with zero attached hydrogens (tertiary/aromatic N) is 1. The largest absolute Gasteiger partial charge is 0.374 e. The number of ether oxygens (including phenoxy) is 1. The second-order valence-corrected chi connectivity index (χ2v) is 5.27. The Balaban J connectivity index is 1.95. The molecule has 3 unspecified atom stereocenters. The van der Waals surface area contributed by atoms with Gasteiger partial charge in [-0.3, -0.25) is 4.90 Å². The normalized spacial score (nSPS) is 25.6. The van der Waals surface area contributed by atoms with Crippen LogP contribution in [0.15, 0.2) is 30.3 Å². The Hall–Kier alpha value is -0.900. The topological polar surface area (TPSA) is 38.5 Å². The zero-order valence-corrected chi connectivity index (χ0v) is 11.4. The lowest BCUT2D eigenvalue weighted by Crippen LogP contribution is -2.46. The molecule has 0 radical (unpaired) electrons. The summed E-state index contributed by atoms with van der Waals surface area (Å²) in [6.07, 6.45) is 2.95. The van der Waals surface area contributed by atoms with E-state index in [0.29, 0.717) is 24.8 Å². The summed E-state index contributed by atoms with van der Waals surface area (Å²) in [5, 5.41) is 0. The number of likely N-dealkylation sites (N-methyl/N-ethyl adjacent to an activating group) is 1. The number of hydrogen-bond donors (Lipinski definition) is 1. The van der Waals surface area contributed by atoms with Crippen molar-refractivity contribution < 1.29 is 4.74 Å². The van der Waals surface area contributed by atoms with Crippen LogP contribution in [0.5, 0.6) is 0 Å². The van der Waals surface area contributed by atoms with Gasteiger partial charge in [0, 0.05) is 19.1 Å². The molecule has 1 heterocycles. The molecule has 3 heteroatoms. The minimum atomic E-state index is 0.290. The zero-order chi connectivity index (χ0) is 13.0. The number of nitrogens with two attached hydrogens (primary N) is 1. The molecule has 0 saturated carbocycles. The summed E-state index contributed by atoms with van der Waals surface area (Å²) in [5.74, 6) is 0. The lowest BCUT2D eigenvalue weighted by molar-refractivity contribution is 0.000843. The second-order valence-electron chi connectivity index (χ2n) is 5.27. The van der Waals surface area contributed by atoms with Crippen LogP contribution in [0.25, 0.3) is 0 Å². The molecule has 1 aromatic rings. The van der Waals surface area contributed by atoms with Crippen LogP contribution in [0, 0.1) is 0 Å². The fraction of sp³-hybridized carbons (Fsp3) is 0.600. The van der Waals surface area contributed by atoms with E-state index in [-0.39, 0.29) is 0 Å². The predicted molar refractivity (Wildman–Crippen MR) is 74.3 cm³/mol. The van der Waals surface area contributed by atoms with Gasteiger partial charge in [-0.2, -0.15) is 0 Å². The Labute approximate surface area is 110 Å². The van der Waals surface area contributed by atoms with E-state index >= 15 is 0 Å². The van der Waals surface area contributed by atoms with E-state index in [9.17, 15) is 0 Å². The molecule has 0 bridgehead atoms. The average Bonchev–Trinajstić information content (AvgIpc) is 2.78. The Bertz CT molecular complexity index is 355. The van der Waals surface area contributed by atoms with E-state index in [1.54, 1.807) is 0 Å². The van der Waals surface area contributed by atoms with Crippen LogP contribution >= 0.6 is 0 Å². The van der Waals surface area contributed by atoms with Crippen molar-refractivity contribution in [3.05, 3.63) is 35.9 Å². The molecule has 2 rings (SSSR count). The molecule has 3 nitrogen and oxygen atoms in total. The Morgan fingerprint density at radius 1 is 1.33 bits per heavy atom. The lowest BCUT2D eigenvalue weighted by atomic mass is 10.1. The highest BCUT2D eigenvalue weighted by Crippen LogP contribution is 2.24. The van der Waals surface area contributed by atoms with Crippen LogP contribution in [-0.4, -0.2) is 36.7 Å². The number of rotatable bonds is 5. The first-order valence-corrected chi connectivity index (χ1v) is 6.80. The maximum Gasteiger partial charge on any atom is 0.0747 e. The molecule has 0 aliphatic carbocycles. The van der Waals surface area contributed by atoms with Gasteiger partial charge in [-0.15, -0.1) is 0 Å². The standard InChI is InChI=1S/C15H24N2O/c1-12-8-9-15(18-12)14(10-16)17(2)11-13-6-4-3-5-7-13/h3-7,12,14-15H,8-11,16H2,1-2H3. The van der Waals surface area contributed by atoms with Gasteiger partial charge in [0.1, 0.15) is 0 Å². The van der Waals surface area contributed by atoms with Crippen LogP contribution in [0.3, 0.4) is 0 Å². The van der Waals surface area contributed by atoms with Crippen LogP contribution in [0.1, 0.15) is 25.3 Å². The van der Waals surface area contributed by atoms with E-state index in [1.807, 2.05) is 6.07 Å². The lowest BCUT2D eigenvalue weighted by Gasteiger charge is -2.31. The van der Waals surface area contributed by atoms with E-state index in [4.69, 9.17) is 10.5 Å². The molecular formula is C15H24N2O. The van der Waals surface area contributed by atoms with Crippen LogP contribution in [0.4, 0.5) is 0 Å². The predicted octanol–water partition coefficient (Wildman–Crippen LogP) is 2.01. The highest BCUT2D eigenvalue weighted by atomic mass is 16.5. The monoisotopic (exact) mass is 248 g/mol. The van der Waals surface area contributed by atoms with Crippen molar-refractivity contribution in [3.63, 3.8) is 0 Å². The third-order valence-electron chi connectivity index (χ3n) is 3.78. The molecule has 1 aliphatic heterocycles. The molecule has 100 valence electrons. The number of benzene rings is 1. The van der Waals surface area contributed by atoms with Gasteiger partial charge in [0.2, 0.25) is 0 Å². The molecule has 1 aromatic carbocycles. The summed E-state index contributed by atoms with van der Waals surface area (Å²) in [4.78, 5) is 2.32. The van der Waals surface area contributed by atoms with Crippen molar-refractivity contribution in [2.24, 2.45) is 5.73 Å². The molecular weight excluding hydrogens is 224 g/mol. The first kappa shape index (κ1) is 13.5. The zero-order valence-electron chi connectivity index (χ0n) is 11.4. The summed E-state index contributed by atoms with van der Waals surface area (Å²) < 4.78 is 5.95. The van der Waals surface area contributed by atoms with Gasteiger partial charge < -0.3 is 10.5 Å². The smallest absolute Gasteiger partial charge is 0.0747 e. The van der Waals surface area contributed by atoms with Crippen molar-refractivity contribution in [1.82, 2.24) is 4.90 Å². The maximum absolute atomic E-state index is 5.95. The van der Waals surface area contributed by atoms with Crippen molar-refractivity contribution in [2.45, 2.75) is 44.6 Å². The van der Waals surface area contributed by atoms with E-state index in [0.717, 1.165) is 19.4 Å². The Morgan fingerprint density at radius 2 is 2.06 bits per heavy atom. The van der Waals surface area contributed by atoms with Gasteiger partial charge in [0.25, 0.3) is 0 Å². The van der Waals surface area contributed by atoms with Gasteiger partial charge in [0.05, 0.1) is 12.2 Å².